The smallest absolute Gasteiger partial charge is 0.350 e. The van der Waals surface area contributed by atoms with Crippen molar-refractivity contribution in [3.05, 3.63) is 11.6 Å². The van der Waals surface area contributed by atoms with E-state index in [0.717, 1.165) is 6.92 Å². The fraction of sp³-hybridized carbons (Fsp3) is 0.714. The Bertz CT molecular complexity index is 777. The van der Waals surface area contributed by atoms with Crippen LogP contribution in [0.1, 0.15) is 40.5 Å². The van der Waals surface area contributed by atoms with Gasteiger partial charge in [-0.3, -0.25) is 9.59 Å². The standard InChI is InChI=1S/C21H31NO9/c1-12-10-21(28,13(2)23)19(27)30-16-7-9-22(5)8-6-15(17(16)25)11-29-18(26)20(12,4)31-14(3)24/h6,12-13,16,23,28H,7-11H2,1-5H3/b15-6-/t12-,13-,16-,20-,21+/m1/s1. The molecular formula is C21H31NO9. The van der Waals surface area contributed by atoms with Gasteiger partial charge in [0, 0.05) is 37.9 Å². The lowest BCUT2D eigenvalue weighted by molar-refractivity contribution is -0.199. The molecule has 31 heavy (non-hydrogen) atoms. The van der Waals surface area contributed by atoms with Crippen LogP contribution in [0.3, 0.4) is 0 Å². The third kappa shape index (κ3) is 5.31. The second kappa shape index (κ2) is 9.46. The Hall–Kier alpha value is -2.30. The second-order valence-electron chi connectivity index (χ2n) is 8.52. The number of ether oxygens (including phenoxy) is 3. The maximum Gasteiger partial charge on any atom is 0.350 e. The Morgan fingerprint density at radius 1 is 1.32 bits per heavy atom. The number of fused-ring (bicyclic) bond motifs is 2. The number of ketones is 1. The SMILES string of the molecule is CC(=O)O[C@@]1(C)C(=O)OC/C2=C/CN(C)CC[C@@H](OC(=O)[C@@](O)([C@@H](C)O)C[C@H]1C)C2=O. The number of aliphatic hydroxyl groups excluding tert-OH is 1. The molecule has 0 aliphatic carbocycles. The van der Waals surface area contributed by atoms with Crippen molar-refractivity contribution in [1.82, 2.24) is 4.90 Å². The topological polar surface area (TPSA) is 140 Å². The van der Waals surface area contributed by atoms with Gasteiger partial charge in [0.25, 0.3) is 0 Å². The van der Waals surface area contributed by atoms with E-state index in [1.54, 1.807) is 6.08 Å². The predicted octanol–water partition coefficient (Wildman–Crippen LogP) is -0.254. The molecule has 1 fully saturated rings. The third-order valence-electron chi connectivity index (χ3n) is 6.00. The molecule has 0 amide bonds. The van der Waals surface area contributed by atoms with Crippen LogP contribution in [0.2, 0.25) is 0 Å². The molecule has 2 aliphatic heterocycles. The van der Waals surface area contributed by atoms with Crippen molar-refractivity contribution >= 4 is 23.7 Å². The minimum Gasteiger partial charge on any atom is -0.458 e. The van der Waals surface area contributed by atoms with Crippen LogP contribution in [0.5, 0.6) is 0 Å². The van der Waals surface area contributed by atoms with Crippen LogP contribution in [-0.2, 0) is 33.4 Å². The largest absolute Gasteiger partial charge is 0.458 e. The summed E-state index contributed by atoms with van der Waals surface area (Å²) in [6, 6.07) is 0. The van der Waals surface area contributed by atoms with Crippen molar-refractivity contribution in [1.29, 1.82) is 0 Å². The molecule has 2 aliphatic rings. The number of rotatable bonds is 2. The number of likely N-dealkylation sites (N-methyl/N-ethyl adjacent to an activating group) is 1. The highest BCUT2D eigenvalue weighted by atomic mass is 16.6. The molecule has 0 saturated carbocycles. The van der Waals surface area contributed by atoms with E-state index in [1.165, 1.54) is 20.8 Å². The maximum atomic E-state index is 13.0. The van der Waals surface area contributed by atoms with Gasteiger partial charge in [-0.15, -0.1) is 0 Å². The molecular weight excluding hydrogens is 410 g/mol. The van der Waals surface area contributed by atoms with Crippen molar-refractivity contribution in [2.75, 3.05) is 26.7 Å². The average Bonchev–Trinajstić information content (AvgIpc) is 2.67. The predicted molar refractivity (Wildman–Crippen MR) is 107 cm³/mol. The van der Waals surface area contributed by atoms with Gasteiger partial charge in [0.05, 0.1) is 6.10 Å². The molecule has 0 unspecified atom stereocenters. The van der Waals surface area contributed by atoms with Crippen LogP contribution in [0.15, 0.2) is 11.6 Å². The lowest BCUT2D eigenvalue weighted by Gasteiger charge is -2.39. The van der Waals surface area contributed by atoms with Crippen molar-refractivity contribution in [2.24, 2.45) is 5.92 Å². The minimum atomic E-state index is -2.45. The highest BCUT2D eigenvalue weighted by Crippen LogP contribution is 2.34. The lowest BCUT2D eigenvalue weighted by Crippen LogP contribution is -2.57. The normalized spacial score (nSPS) is 36.4. The Kier molecular flexibility index (Phi) is 7.61. The van der Waals surface area contributed by atoms with E-state index in [9.17, 15) is 29.4 Å². The van der Waals surface area contributed by atoms with Crippen LogP contribution in [-0.4, -0.2) is 89.0 Å². The van der Waals surface area contributed by atoms with Crippen LogP contribution < -0.4 is 0 Å². The van der Waals surface area contributed by atoms with Crippen LogP contribution in [0.25, 0.3) is 0 Å². The lowest BCUT2D eigenvalue weighted by atomic mass is 9.78. The number of hydrogen-bond donors (Lipinski definition) is 2. The molecule has 0 radical (unpaired) electrons. The van der Waals surface area contributed by atoms with Gasteiger partial charge in [-0.05, 0) is 27.3 Å². The highest BCUT2D eigenvalue weighted by Gasteiger charge is 2.53. The van der Waals surface area contributed by atoms with E-state index >= 15 is 0 Å². The summed E-state index contributed by atoms with van der Waals surface area (Å²) in [6.45, 7) is 5.55. The quantitative estimate of drug-likeness (QED) is 0.435. The number of Topliss-reactive ketones (excluding diaryl/α,β-unsaturated/α-hetero) is 1. The number of aliphatic hydroxyl groups is 2. The summed E-state index contributed by atoms with van der Waals surface area (Å²) in [7, 11) is 1.81. The molecule has 0 spiro atoms. The van der Waals surface area contributed by atoms with Gasteiger partial charge in [0.15, 0.2) is 11.7 Å². The summed E-state index contributed by atoms with van der Waals surface area (Å²) in [5.74, 6) is -4.39. The Morgan fingerprint density at radius 2 is 1.97 bits per heavy atom. The zero-order valence-corrected chi connectivity index (χ0v) is 18.5. The van der Waals surface area contributed by atoms with Gasteiger partial charge in [0.1, 0.15) is 6.61 Å². The summed E-state index contributed by atoms with van der Waals surface area (Å²) in [5.41, 5.74) is -4.20. The van der Waals surface area contributed by atoms with E-state index < -0.39 is 59.4 Å². The van der Waals surface area contributed by atoms with E-state index in [-0.39, 0.29) is 18.6 Å². The number of carbonyl (C=O) groups is 4. The number of carbonyl (C=O) groups excluding carboxylic acids is 4. The Labute approximate surface area is 181 Å². The van der Waals surface area contributed by atoms with Gasteiger partial charge in [-0.2, -0.15) is 0 Å². The van der Waals surface area contributed by atoms with E-state index in [2.05, 4.69) is 0 Å². The van der Waals surface area contributed by atoms with Gasteiger partial charge in [-0.1, -0.05) is 13.0 Å². The molecule has 10 nitrogen and oxygen atoms in total. The molecule has 0 aromatic rings. The average molecular weight is 441 g/mol. The maximum absolute atomic E-state index is 13.0. The number of hydrogen-bond acceptors (Lipinski definition) is 10. The van der Waals surface area contributed by atoms with Crippen LogP contribution in [0, 0.1) is 5.92 Å². The molecule has 10 heteroatoms. The first-order valence-electron chi connectivity index (χ1n) is 10.2. The number of cyclic esters (lactones) is 1. The van der Waals surface area contributed by atoms with Crippen molar-refractivity contribution in [3.63, 3.8) is 0 Å². The van der Waals surface area contributed by atoms with E-state index in [4.69, 9.17) is 14.2 Å². The summed E-state index contributed by atoms with van der Waals surface area (Å²) >= 11 is 0. The molecule has 2 heterocycles. The third-order valence-corrected chi connectivity index (χ3v) is 6.00. The van der Waals surface area contributed by atoms with Crippen molar-refractivity contribution in [3.8, 4) is 0 Å². The van der Waals surface area contributed by atoms with Gasteiger partial charge in [0.2, 0.25) is 11.4 Å². The first-order valence-corrected chi connectivity index (χ1v) is 10.2. The fourth-order valence-corrected chi connectivity index (χ4v) is 3.62. The Balaban J connectivity index is 2.56. The first kappa shape index (κ1) is 25.0. The molecule has 2 bridgehead atoms. The van der Waals surface area contributed by atoms with Crippen LogP contribution in [0.4, 0.5) is 0 Å². The molecule has 2 N–H and O–H groups in total. The highest BCUT2D eigenvalue weighted by molar-refractivity contribution is 6.01. The molecule has 174 valence electrons. The molecule has 1 saturated heterocycles. The van der Waals surface area contributed by atoms with E-state index in [1.807, 2.05) is 11.9 Å². The summed E-state index contributed by atoms with van der Waals surface area (Å²) in [4.78, 5) is 52.4. The van der Waals surface area contributed by atoms with E-state index in [0.29, 0.717) is 13.1 Å². The van der Waals surface area contributed by atoms with Gasteiger partial charge >= 0.3 is 17.9 Å². The minimum absolute atomic E-state index is 0.122. The molecule has 2 rings (SSSR count). The second-order valence-corrected chi connectivity index (χ2v) is 8.52. The first-order chi connectivity index (χ1) is 14.3. The monoisotopic (exact) mass is 441 g/mol. The molecule has 0 aromatic heterocycles. The summed E-state index contributed by atoms with van der Waals surface area (Å²) in [5, 5.41) is 21.2. The zero-order valence-electron chi connectivity index (χ0n) is 18.5. The molecule has 5 atom stereocenters. The summed E-state index contributed by atoms with van der Waals surface area (Å²) < 4.78 is 16.0. The van der Waals surface area contributed by atoms with Crippen molar-refractivity contribution in [2.45, 2.75) is 63.9 Å². The number of nitrogens with zero attached hydrogens (tertiary/aromatic N) is 1. The molecule has 0 aromatic carbocycles. The number of esters is 3. The van der Waals surface area contributed by atoms with Gasteiger partial charge < -0.3 is 29.3 Å². The van der Waals surface area contributed by atoms with Gasteiger partial charge in [-0.25, -0.2) is 9.59 Å². The summed E-state index contributed by atoms with van der Waals surface area (Å²) in [6.07, 6.45) is -1.53. The van der Waals surface area contributed by atoms with Crippen LogP contribution >= 0.6 is 0 Å². The van der Waals surface area contributed by atoms with Crippen molar-refractivity contribution < 1.29 is 43.6 Å². The fourth-order valence-electron chi connectivity index (χ4n) is 3.62. The zero-order chi connectivity index (χ0) is 23.6. The Morgan fingerprint density at radius 3 is 2.55 bits per heavy atom.